The quantitative estimate of drug-likeness (QED) is 0.745. The molecule has 1 heterocycles. The van der Waals surface area contributed by atoms with E-state index in [1.807, 2.05) is 0 Å². The molecule has 106 valence electrons. The monoisotopic (exact) mass is 284 g/mol. The molecule has 1 aromatic rings. The van der Waals surface area contributed by atoms with E-state index in [0.717, 1.165) is 38.2 Å². The molecule has 1 fully saturated rings. The van der Waals surface area contributed by atoms with E-state index < -0.39 is 0 Å². The minimum atomic E-state index is -0.113. The Hall–Kier alpha value is -1.20. The lowest BCUT2D eigenvalue weighted by Crippen LogP contribution is -2.32. The van der Waals surface area contributed by atoms with Gasteiger partial charge in [-0.2, -0.15) is 0 Å². The molecule has 0 bridgehead atoms. The first-order chi connectivity index (χ1) is 8.81. The standard InChI is InChI=1S/C13H20N4O.ClH/c1-2-6-14-8-9-16-13(18)11-5-7-15-12(17-11)10-3-4-10;/h5,7,10,14H,2-4,6,8-9H2,1H3,(H,16,18);1H. The first-order valence-corrected chi connectivity index (χ1v) is 6.63. The smallest absolute Gasteiger partial charge is 0.270 e. The summed E-state index contributed by atoms with van der Waals surface area (Å²) in [5.74, 6) is 1.17. The summed E-state index contributed by atoms with van der Waals surface area (Å²) in [6.45, 7) is 4.52. The second kappa shape index (κ2) is 8.07. The molecule has 1 aromatic heterocycles. The largest absolute Gasteiger partial charge is 0.349 e. The van der Waals surface area contributed by atoms with Gasteiger partial charge in [-0.15, -0.1) is 12.4 Å². The average molecular weight is 285 g/mol. The number of hydrogen-bond acceptors (Lipinski definition) is 4. The van der Waals surface area contributed by atoms with Gasteiger partial charge in [0.25, 0.3) is 5.91 Å². The Morgan fingerprint density at radius 1 is 1.37 bits per heavy atom. The minimum absolute atomic E-state index is 0. The first kappa shape index (κ1) is 15.9. The van der Waals surface area contributed by atoms with Crippen molar-refractivity contribution in [2.45, 2.75) is 32.1 Å². The van der Waals surface area contributed by atoms with E-state index in [1.54, 1.807) is 12.3 Å². The van der Waals surface area contributed by atoms with Gasteiger partial charge in [-0.3, -0.25) is 4.79 Å². The zero-order valence-corrected chi connectivity index (χ0v) is 12.0. The van der Waals surface area contributed by atoms with E-state index in [4.69, 9.17) is 0 Å². The van der Waals surface area contributed by atoms with Crippen molar-refractivity contribution >= 4 is 18.3 Å². The normalized spacial score (nSPS) is 13.7. The van der Waals surface area contributed by atoms with Crippen LogP contribution in [0.1, 0.15) is 48.4 Å². The summed E-state index contributed by atoms with van der Waals surface area (Å²) < 4.78 is 0. The van der Waals surface area contributed by atoms with Gasteiger partial charge in [0.2, 0.25) is 0 Å². The Labute approximate surface area is 120 Å². The van der Waals surface area contributed by atoms with Gasteiger partial charge in [-0.25, -0.2) is 9.97 Å². The van der Waals surface area contributed by atoms with E-state index >= 15 is 0 Å². The third-order valence-electron chi connectivity index (χ3n) is 2.86. The van der Waals surface area contributed by atoms with Crippen LogP contribution in [0.5, 0.6) is 0 Å². The lowest BCUT2D eigenvalue weighted by molar-refractivity contribution is 0.0948. The Morgan fingerprint density at radius 2 is 2.16 bits per heavy atom. The molecule has 0 aliphatic heterocycles. The molecule has 0 atom stereocenters. The molecule has 0 spiro atoms. The molecular weight excluding hydrogens is 264 g/mol. The maximum Gasteiger partial charge on any atom is 0.270 e. The molecule has 0 aromatic carbocycles. The summed E-state index contributed by atoms with van der Waals surface area (Å²) in [4.78, 5) is 20.4. The zero-order chi connectivity index (χ0) is 12.8. The maximum absolute atomic E-state index is 11.8. The van der Waals surface area contributed by atoms with Crippen LogP contribution in [0, 0.1) is 0 Å². The third-order valence-corrected chi connectivity index (χ3v) is 2.86. The number of nitrogens with one attached hydrogen (secondary N) is 2. The Balaban J connectivity index is 0.00000180. The second-order valence-electron chi connectivity index (χ2n) is 4.58. The third kappa shape index (κ3) is 5.12. The summed E-state index contributed by atoms with van der Waals surface area (Å²) in [5, 5.41) is 6.09. The molecule has 0 unspecified atom stereocenters. The number of amides is 1. The van der Waals surface area contributed by atoms with Crippen LogP contribution < -0.4 is 10.6 Å². The zero-order valence-electron chi connectivity index (χ0n) is 11.2. The van der Waals surface area contributed by atoms with Crippen LogP contribution in [0.15, 0.2) is 12.3 Å². The first-order valence-electron chi connectivity index (χ1n) is 6.63. The number of aromatic nitrogens is 2. The highest BCUT2D eigenvalue weighted by atomic mass is 35.5. The summed E-state index contributed by atoms with van der Waals surface area (Å²) in [5.41, 5.74) is 0.474. The molecule has 1 saturated carbocycles. The SMILES string of the molecule is CCCNCCNC(=O)c1ccnc(C2CC2)n1.Cl. The Morgan fingerprint density at radius 3 is 2.84 bits per heavy atom. The fourth-order valence-corrected chi connectivity index (χ4v) is 1.70. The van der Waals surface area contributed by atoms with E-state index in [0.29, 0.717) is 18.2 Å². The highest BCUT2D eigenvalue weighted by molar-refractivity contribution is 5.92. The van der Waals surface area contributed by atoms with Crippen LogP contribution in [0.3, 0.4) is 0 Å². The Kier molecular flexibility index (Phi) is 6.73. The highest BCUT2D eigenvalue weighted by Gasteiger charge is 2.27. The van der Waals surface area contributed by atoms with Crippen molar-refractivity contribution in [1.82, 2.24) is 20.6 Å². The van der Waals surface area contributed by atoms with E-state index in [9.17, 15) is 4.79 Å². The number of nitrogens with zero attached hydrogens (tertiary/aromatic N) is 2. The molecule has 0 radical (unpaired) electrons. The number of carbonyl (C=O) groups excluding carboxylic acids is 1. The van der Waals surface area contributed by atoms with Crippen molar-refractivity contribution in [3.63, 3.8) is 0 Å². The van der Waals surface area contributed by atoms with Gasteiger partial charge in [0.05, 0.1) is 0 Å². The number of hydrogen-bond donors (Lipinski definition) is 2. The van der Waals surface area contributed by atoms with Crippen molar-refractivity contribution in [3.8, 4) is 0 Å². The van der Waals surface area contributed by atoms with Gasteiger partial charge in [-0.1, -0.05) is 6.92 Å². The molecule has 1 aliphatic rings. The molecule has 6 heteroatoms. The van der Waals surface area contributed by atoms with Crippen LogP contribution in [-0.4, -0.2) is 35.5 Å². The fraction of sp³-hybridized carbons (Fsp3) is 0.615. The summed E-state index contributed by atoms with van der Waals surface area (Å²) in [6.07, 6.45) is 5.06. The number of halogens is 1. The molecule has 0 saturated heterocycles. The number of carbonyl (C=O) groups is 1. The molecule has 5 nitrogen and oxygen atoms in total. The predicted octanol–water partition coefficient (Wildman–Crippen LogP) is 1.51. The number of rotatable bonds is 7. The van der Waals surface area contributed by atoms with Crippen LogP contribution in [0.4, 0.5) is 0 Å². The molecular formula is C13H21ClN4O. The van der Waals surface area contributed by atoms with Crippen molar-refractivity contribution in [1.29, 1.82) is 0 Å². The molecule has 19 heavy (non-hydrogen) atoms. The summed E-state index contributed by atoms with van der Waals surface area (Å²) in [7, 11) is 0. The maximum atomic E-state index is 11.8. The van der Waals surface area contributed by atoms with Gasteiger partial charge >= 0.3 is 0 Å². The van der Waals surface area contributed by atoms with Crippen LogP contribution in [0.2, 0.25) is 0 Å². The Bertz CT molecular complexity index is 409. The molecule has 2 rings (SSSR count). The van der Waals surface area contributed by atoms with Crippen molar-refractivity contribution in [2.24, 2.45) is 0 Å². The van der Waals surface area contributed by atoms with Gasteiger partial charge < -0.3 is 10.6 Å². The van der Waals surface area contributed by atoms with E-state index in [2.05, 4.69) is 27.5 Å². The van der Waals surface area contributed by atoms with E-state index in [-0.39, 0.29) is 18.3 Å². The summed E-state index contributed by atoms with van der Waals surface area (Å²) in [6, 6.07) is 1.67. The van der Waals surface area contributed by atoms with E-state index in [1.165, 1.54) is 0 Å². The van der Waals surface area contributed by atoms with Crippen LogP contribution in [-0.2, 0) is 0 Å². The minimum Gasteiger partial charge on any atom is -0.349 e. The average Bonchev–Trinajstić information content (AvgIpc) is 3.23. The topological polar surface area (TPSA) is 66.9 Å². The predicted molar refractivity (Wildman–Crippen MR) is 76.7 cm³/mol. The van der Waals surface area contributed by atoms with Gasteiger partial charge in [-0.05, 0) is 31.9 Å². The molecule has 1 amide bonds. The van der Waals surface area contributed by atoms with Crippen molar-refractivity contribution in [3.05, 3.63) is 23.8 Å². The van der Waals surface area contributed by atoms with Gasteiger partial charge in [0, 0.05) is 25.2 Å². The van der Waals surface area contributed by atoms with Crippen LogP contribution >= 0.6 is 12.4 Å². The van der Waals surface area contributed by atoms with Gasteiger partial charge in [0.1, 0.15) is 11.5 Å². The van der Waals surface area contributed by atoms with Crippen molar-refractivity contribution in [2.75, 3.05) is 19.6 Å². The highest BCUT2D eigenvalue weighted by Crippen LogP contribution is 2.37. The van der Waals surface area contributed by atoms with Gasteiger partial charge in [0.15, 0.2) is 0 Å². The lowest BCUT2D eigenvalue weighted by Gasteiger charge is -2.06. The van der Waals surface area contributed by atoms with Crippen molar-refractivity contribution < 1.29 is 4.79 Å². The molecule has 2 N–H and O–H groups in total. The second-order valence-corrected chi connectivity index (χ2v) is 4.58. The summed E-state index contributed by atoms with van der Waals surface area (Å²) >= 11 is 0. The van der Waals surface area contributed by atoms with Crippen LogP contribution in [0.25, 0.3) is 0 Å². The lowest BCUT2D eigenvalue weighted by atomic mass is 10.3. The fourth-order valence-electron chi connectivity index (χ4n) is 1.70. The molecule has 1 aliphatic carbocycles.